The molecule has 0 saturated heterocycles. The molecule has 142 valence electrons. The molecule has 1 aromatic carbocycles. The van der Waals surface area contributed by atoms with Gasteiger partial charge in [0.05, 0.1) is 17.6 Å². The fourth-order valence-electron chi connectivity index (χ4n) is 2.66. The van der Waals surface area contributed by atoms with Gasteiger partial charge in [-0.1, -0.05) is 12.1 Å². The van der Waals surface area contributed by atoms with Crippen LogP contribution in [0.25, 0.3) is 0 Å². The second-order valence-electron chi connectivity index (χ2n) is 6.27. The molecule has 2 rings (SSSR count). The van der Waals surface area contributed by atoms with Gasteiger partial charge in [-0.25, -0.2) is 13.4 Å². The Bertz CT molecular complexity index is 871. The highest BCUT2D eigenvalue weighted by atomic mass is 32.2. The van der Waals surface area contributed by atoms with Crippen LogP contribution in [0.4, 0.5) is 0 Å². The average Bonchev–Trinajstić information content (AvgIpc) is 2.97. The maximum Gasteiger partial charge on any atom is 0.191 e. The molecule has 0 spiro atoms. The van der Waals surface area contributed by atoms with E-state index in [4.69, 9.17) is 0 Å². The van der Waals surface area contributed by atoms with E-state index >= 15 is 0 Å². The third-order valence-electron chi connectivity index (χ3n) is 3.87. The van der Waals surface area contributed by atoms with Crippen molar-refractivity contribution in [3.63, 3.8) is 0 Å². The first-order valence-corrected chi connectivity index (χ1v) is 10.5. The SMILES string of the molecule is CCNC(=NCc1ccc(S(C)(=O)=O)c(C)c1)NCCc1cnn(C)c1. The molecule has 0 bridgehead atoms. The quantitative estimate of drug-likeness (QED) is 0.563. The summed E-state index contributed by atoms with van der Waals surface area (Å²) in [7, 11) is -1.29. The number of aryl methyl sites for hydroxylation is 2. The highest BCUT2D eigenvalue weighted by Crippen LogP contribution is 2.17. The Morgan fingerprint density at radius 3 is 2.62 bits per heavy atom. The first kappa shape index (κ1) is 20.0. The summed E-state index contributed by atoms with van der Waals surface area (Å²) in [4.78, 5) is 4.94. The van der Waals surface area contributed by atoms with Crippen molar-refractivity contribution in [2.75, 3.05) is 19.3 Å². The minimum Gasteiger partial charge on any atom is -0.357 e. The second kappa shape index (κ2) is 8.84. The van der Waals surface area contributed by atoms with E-state index in [2.05, 4.69) is 20.7 Å². The van der Waals surface area contributed by atoms with E-state index < -0.39 is 9.84 Å². The van der Waals surface area contributed by atoms with Gasteiger partial charge in [-0.05, 0) is 43.0 Å². The van der Waals surface area contributed by atoms with Gasteiger partial charge in [-0.3, -0.25) is 4.68 Å². The van der Waals surface area contributed by atoms with E-state index in [-0.39, 0.29) is 0 Å². The van der Waals surface area contributed by atoms with Gasteiger partial charge in [-0.2, -0.15) is 5.10 Å². The van der Waals surface area contributed by atoms with Gasteiger partial charge < -0.3 is 10.6 Å². The lowest BCUT2D eigenvalue weighted by Crippen LogP contribution is -2.38. The molecule has 8 heteroatoms. The smallest absolute Gasteiger partial charge is 0.191 e. The maximum atomic E-state index is 11.7. The molecule has 0 aliphatic carbocycles. The number of sulfone groups is 1. The topological polar surface area (TPSA) is 88.4 Å². The predicted molar refractivity (Wildman–Crippen MR) is 104 cm³/mol. The predicted octanol–water partition coefficient (Wildman–Crippen LogP) is 1.43. The van der Waals surface area contributed by atoms with Crippen LogP contribution < -0.4 is 10.6 Å². The molecule has 1 aromatic heterocycles. The molecule has 7 nitrogen and oxygen atoms in total. The summed E-state index contributed by atoms with van der Waals surface area (Å²) >= 11 is 0. The summed E-state index contributed by atoms with van der Waals surface area (Å²) in [5, 5.41) is 10.7. The molecule has 0 aliphatic rings. The van der Waals surface area contributed by atoms with Crippen LogP contribution in [0.2, 0.25) is 0 Å². The minimum atomic E-state index is -3.19. The van der Waals surface area contributed by atoms with Gasteiger partial charge in [0.25, 0.3) is 0 Å². The number of nitrogens with zero attached hydrogens (tertiary/aromatic N) is 3. The van der Waals surface area contributed by atoms with Gasteiger partial charge in [0.1, 0.15) is 0 Å². The number of hydrogen-bond acceptors (Lipinski definition) is 4. The van der Waals surface area contributed by atoms with E-state index in [9.17, 15) is 8.42 Å². The van der Waals surface area contributed by atoms with Crippen LogP contribution in [-0.4, -0.2) is 43.5 Å². The van der Waals surface area contributed by atoms with Crippen LogP contribution in [0.3, 0.4) is 0 Å². The van der Waals surface area contributed by atoms with Crippen LogP contribution >= 0.6 is 0 Å². The standard InChI is InChI=1S/C18H27N5O2S/c1-5-19-18(20-9-8-16-12-22-23(3)13-16)21-11-15-6-7-17(14(2)10-15)26(4,24)25/h6-7,10,12-13H,5,8-9,11H2,1-4H3,(H2,19,20,21). The molecule has 2 N–H and O–H groups in total. The highest BCUT2D eigenvalue weighted by Gasteiger charge is 2.10. The highest BCUT2D eigenvalue weighted by molar-refractivity contribution is 7.90. The maximum absolute atomic E-state index is 11.7. The normalized spacial score (nSPS) is 12.2. The summed E-state index contributed by atoms with van der Waals surface area (Å²) in [5.41, 5.74) is 2.89. The van der Waals surface area contributed by atoms with Crippen LogP contribution in [-0.2, 0) is 29.9 Å². The molecular weight excluding hydrogens is 350 g/mol. The third-order valence-corrected chi connectivity index (χ3v) is 5.12. The van der Waals surface area contributed by atoms with E-state index in [1.54, 1.807) is 17.7 Å². The van der Waals surface area contributed by atoms with Gasteiger partial charge in [-0.15, -0.1) is 0 Å². The molecular formula is C18H27N5O2S. The molecule has 0 aliphatic heterocycles. The van der Waals surface area contributed by atoms with Crippen LogP contribution in [0.15, 0.2) is 40.5 Å². The summed E-state index contributed by atoms with van der Waals surface area (Å²) in [6.07, 6.45) is 5.94. The Balaban J connectivity index is 1.98. The van der Waals surface area contributed by atoms with Gasteiger partial charge in [0.15, 0.2) is 15.8 Å². The molecule has 2 aromatic rings. The van der Waals surface area contributed by atoms with E-state index in [1.807, 2.05) is 38.5 Å². The van der Waals surface area contributed by atoms with Crippen molar-refractivity contribution in [3.05, 3.63) is 47.3 Å². The summed E-state index contributed by atoms with van der Waals surface area (Å²) in [6, 6.07) is 5.34. The molecule has 0 atom stereocenters. The van der Waals surface area contributed by atoms with E-state index in [1.165, 1.54) is 11.8 Å². The van der Waals surface area contributed by atoms with Crippen molar-refractivity contribution < 1.29 is 8.42 Å². The number of nitrogens with one attached hydrogen (secondary N) is 2. The number of guanidine groups is 1. The molecule has 0 amide bonds. The van der Waals surface area contributed by atoms with Gasteiger partial charge >= 0.3 is 0 Å². The van der Waals surface area contributed by atoms with Crippen molar-refractivity contribution in [2.24, 2.45) is 12.0 Å². The molecule has 0 fully saturated rings. The minimum absolute atomic E-state index is 0.367. The first-order chi connectivity index (χ1) is 12.3. The molecule has 0 unspecified atom stereocenters. The largest absolute Gasteiger partial charge is 0.357 e. The number of hydrogen-bond donors (Lipinski definition) is 2. The Hall–Kier alpha value is -2.35. The second-order valence-corrected chi connectivity index (χ2v) is 8.25. The zero-order valence-corrected chi connectivity index (χ0v) is 16.6. The number of benzene rings is 1. The van der Waals surface area contributed by atoms with Gasteiger partial charge in [0, 0.05) is 32.6 Å². The lowest BCUT2D eigenvalue weighted by atomic mass is 10.1. The number of rotatable bonds is 7. The van der Waals surface area contributed by atoms with Crippen molar-refractivity contribution in [1.82, 2.24) is 20.4 Å². The zero-order chi connectivity index (χ0) is 19.2. The van der Waals surface area contributed by atoms with Gasteiger partial charge in [0.2, 0.25) is 0 Å². The summed E-state index contributed by atoms with van der Waals surface area (Å²) < 4.78 is 25.2. The zero-order valence-electron chi connectivity index (χ0n) is 15.8. The van der Waals surface area contributed by atoms with Crippen molar-refractivity contribution in [3.8, 4) is 0 Å². The fraction of sp³-hybridized carbons (Fsp3) is 0.444. The van der Waals surface area contributed by atoms with E-state index in [0.717, 1.165) is 36.6 Å². The molecule has 0 saturated carbocycles. The van der Waals surface area contributed by atoms with Crippen LogP contribution in [0.5, 0.6) is 0 Å². The number of aromatic nitrogens is 2. The Morgan fingerprint density at radius 2 is 2.04 bits per heavy atom. The summed E-state index contributed by atoms with van der Waals surface area (Å²) in [6.45, 7) is 5.83. The Labute approximate surface area is 155 Å². The Kier molecular flexibility index (Phi) is 6.79. The first-order valence-electron chi connectivity index (χ1n) is 8.59. The summed E-state index contributed by atoms with van der Waals surface area (Å²) in [5.74, 6) is 0.737. The molecule has 26 heavy (non-hydrogen) atoms. The van der Waals surface area contributed by atoms with Crippen molar-refractivity contribution in [1.29, 1.82) is 0 Å². The molecule has 0 radical (unpaired) electrons. The fourth-order valence-corrected chi connectivity index (χ4v) is 3.62. The van der Waals surface area contributed by atoms with Crippen LogP contribution in [0.1, 0.15) is 23.6 Å². The monoisotopic (exact) mass is 377 g/mol. The molecule has 1 heterocycles. The van der Waals surface area contributed by atoms with Crippen molar-refractivity contribution >= 4 is 15.8 Å². The number of aliphatic imine (C=N–C) groups is 1. The third kappa shape index (κ3) is 5.87. The van der Waals surface area contributed by atoms with Crippen LogP contribution in [0, 0.1) is 6.92 Å². The van der Waals surface area contributed by atoms with E-state index in [0.29, 0.717) is 11.4 Å². The average molecular weight is 378 g/mol. The lowest BCUT2D eigenvalue weighted by Gasteiger charge is -2.11. The lowest BCUT2D eigenvalue weighted by molar-refractivity contribution is 0.601. The van der Waals surface area contributed by atoms with Crippen molar-refractivity contribution in [2.45, 2.75) is 31.7 Å². The Morgan fingerprint density at radius 1 is 1.27 bits per heavy atom.